The van der Waals surface area contributed by atoms with Crippen molar-refractivity contribution < 1.29 is 36.6 Å². The first-order valence-electron chi connectivity index (χ1n) is 10.9. The Bertz CT molecular complexity index is 1180. The second kappa shape index (κ2) is 10.2. The van der Waals surface area contributed by atoms with E-state index in [1.54, 1.807) is 13.0 Å². The normalized spacial score (nSPS) is 13.2. The van der Waals surface area contributed by atoms with Crippen LogP contribution in [0.3, 0.4) is 0 Å². The molecule has 2 aromatic heterocycles. The summed E-state index contributed by atoms with van der Waals surface area (Å²) in [5.41, 5.74) is -1.15. The molecule has 6 nitrogen and oxygen atoms in total. The van der Waals surface area contributed by atoms with Gasteiger partial charge < -0.3 is 15.2 Å². The number of pyridine rings is 1. The SMILES string of the molecule is Cc1nc2c(OCc3c(F)cccc3F)cccn2c1C(=O)NC(CCCC(F)(F)F)C(C)(C)O. The third kappa shape index (κ3) is 6.47. The smallest absolute Gasteiger partial charge is 0.389 e. The van der Waals surface area contributed by atoms with Gasteiger partial charge in [0.05, 0.1) is 22.9 Å². The fraction of sp³-hybridized carbons (Fsp3) is 0.417. The van der Waals surface area contributed by atoms with Gasteiger partial charge >= 0.3 is 6.18 Å². The van der Waals surface area contributed by atoms with E-state index in [-0.39, 0.29) is 35.5 Å². The standard InChI is InChI=1S/C24H26F5N3O3/c1-14-20(22(33)31-19(23(2,3)34)10-5-11-24(27,28)29)32-12-6-9-18(21(32)30-14)35-13-15-16(25)7-4-8-17(15)26/h4,6-9,12,19,34H,5,10-11,13H2,1-3H3,(H,31,33). The maximum absolute atomic E-state index is 13.9. The van der Waals surface area contributed by atoms with E-state index in [0.717, 1.165) is 12.1 Å². The molecule has 0 spiro atoms. The third-order valence-electron chi connectivity index (χ3n) is 5.55. The molecule has 1 amide bonds. The van der Waals surface area contributed by atoms with Gasteiger partial charge in [-0.05, 0) is 57.9 Å². The molecule has 1 unspecified atom stereocenters. The number of fused-ring (bicyclic) bond motifs is 1. The predicted octanol–water partition coefficient (Wildman–Crippen LogP) is 5.10. The lowest BCUT2D eigenvalue weighted by atomic mass is 9.93. The Labute approximate surface area is 198 Å². The summed E-state index contributed by atoms with van der Waals surface area (Å²) in [6.07, 6.45) is -4.20. The molecule has 2 heterocycles. The van der Waals surface area contributed by atoms with Gasteiger partial charge in [-0.2, -0.15) is 13.2 Å². The number of alkyl halides is 3. The van der Waals surface area contributed by atoms with Gasteiger partial charge in [-0.25, -0.2) is 13.8 Å². The minimum absolute atomic E-state index is 0.0902. The van der Waals surface area contributed by atoms with E-state index < -0.39 is 48.4 Å². The highest BCUT2D eigenvalue weighted by Gasteiger charge is 2.32. The van der Waals surface area contributed by atoms with Gasteiger partial charge in [-0.1, -0.05) is 6.07 Å². The Balaban J connectivity index is 1.83. The van der Waals surface area contributed by atoms with E-state index in [1.165, 1.54) is 36.6 Å². The molecule has 35 heavy (non-hydrogen) atoms. The molecule has 3 aromatic rings. The van der Waals surface area contributed by atoms with Crippen molar-refractivity contribution in [3.8, 4) is 5.75 Å². The monoisotopic (exact) mass is 499 g/mol. The number of rotatable bonds is 9. The summed E-state index contributed by atoms with van der Waals surface area (Å²) in [5, 5.41) is 13.0. The van der Waals surface area contributed by atoms with Crippen LogP contribution in [0.15, 0.2) is 36.5 Å². The number of aryl methyl sites for hydroxylation is 1. The molecule has 0 aliphatic carbocycles. The average molecular weight is 499 g/mol. The summed E-state index contributed by atoms with van der Waals surface area (Å²) >= 11 is 0. The molecular weight excluding hydrogens is 473 g/mol. The number of imidazole rings is 1. The molecule has 0 saturated carbocycles. The van der Waals surface area contributed by atoms with Gasteiger partial charge in [0.15, 0.2) is 11.4 Å². The Hall–Kier alpha value is -3.21. The van der Waals surface area contributed by atoms with Gasteiger partial charge in [-0.3, -0.25) is 9.20 Å². The van der Waals surface area contributed by atoms with E-state index in [0.29, 0.717) is 5.69 Å². The molecule has 0 aliphatic heterocycles. The first kappa shape index (κ1) is 26.4. The number of ether oxygens (including phenoxy) is 1. The predicted molar refractivity (Wildman–Crippen MR) is 118 cm³/mol. The van der Waals surface area contributed by atoms with Crippen molar-refractivity contribution in [2.45, 2.75) is 64.5 Å². The zero-order valence-corrected chi connectivity index (χ0v) is 19.4. The molecule has 3 rings (SSSR count). The number of benzene rings is 1. The minimum atomic E-state index is -4.34. The molecule has 0 bridgehead atoms. The zero-order valence-electron chi connectivity index (χ0n) is 19.4. The van der Waals surface area contributed by atoms with E-state index in [4.69, 9.17) is 4.74 Å². The highest BCUT2D eigenvalue weighted by Crippen LogP contribution is 2.26. The third-order valence-corrected chi connectivity index (χ3v) is 5.55. The van der Waals surface area contributed by atoms with Crippen LogP contribution in [0.1, 0.15) is 54.9 Å². The Kier molecular flexibility index (Phi) is 7.68. The second-order valence-corrected chi connectivity index (χ2v) is 8.79. The molecule has 0 radical (unpaired) electrons. The molecule has 1 aromatic carbocycles. The van der Waals surface area contributed by atoms with Crippen molar-refractivity contribution in [3.63, 3.8) is 0 Å². The van der Waals surface area contributed by atoms with E-state index in [9.17, 15) is 31.9 Å². The average Bonchev–Trinajstić information content (AvgIpc) is 3.07. The summed E-state index contributed by atoms with van der Waals surface area (Å²) in [5.74, 6) is -2.01. The fourth-order valence-corrected chi connectivity index (χ4v) is 3.70. The quantitative estimate of drug-likeness (QED) is 0.402. The highest BCUT2D eigenvalue weighted by atomic mass is 19.4. The number of hydrogen-bond acceptors (Lipinski definition) is 4. The largest absolute Gasteiger partial charge is 0.485 e. The highest BCUT2D eigenvalue weighted by molar-refractivity contribution is 5.95. The first-order chi connectivity index (χ1) is 16.3. The van der Waals surface area contributed by atoms with E-state index in [1.807, 2.05) is 0 Å². The molecule has 1 atom stereocenters. The van der Waals surface area contributed by atoms with Gasteiger partial charge in [0, 0.05) is 12.6 Å². The number of carbonyl (C=O) groups is 1. The van der Waals surface area contributed by atoms with Gasteiger partial charge in [-0.15, -0.1) is 0 Å². The Morgan fingerprint density at radius 2 is 1.83 bits per heavy atom. The van der Waals surface area contributed by atoms with Crippen LogP contribution in [0.2, 0.25) is 0 Å². The van der Waals surface area contributed by atoms with Crippen LogP contribution in [0.5, 0.6) is 5.75 Å². The van der Waals surface area contributed by atoms with Gasteiger partial charge in [0.25, 0.3) is 5.91 Å². The molecular formula is C24H26F5N3O3. The lowest BCUT2D eigenvalue weighted by molar-refractivity contribution is -0.136. The lowest BCUT2D eigenvalue weighted by Gasteiger charge is -2.30. The number of amides is 1. The lowest BCUT2D eigenvalue weighted by Crippen LogP contribution is -2.49. The number of halogens is 5. The van der Waals surface area contributed by atoms with E-state index >= 15 is 0 Å². The van der Waals surface area contributed by atoms with Crippen LogP contribution in [-0.4, -0.2) is 38.2 Å². The fourth-order valence-electron chi connectivity index (χ4n) is 3.70. The molecule has 0 aliphatic rings. The maximum Gasteiger partial charge on any atom is 0.389 e. The first-order valence-corrected chi connectivity index (χ1v) is 10.9. The van der Waals surface area contributed by atoms with Crippen molar-refractivity contribution in [2.75, 3.05) is 0 Å². The van der Waals surface area contributed by atoms with Crippen molar-refractivity contribution in [1.29, 1.82) is 0 Å². The number of hydrogen-bond donors (Lipinski definition) is 2. The van der Waals surface area contributed by atoms with Crippen LogP contribution < -0.4 is 10.1 Å². The van der Waals surface area contributed by atoms with Crippen LogP contribution >= 0.6 is 0 Å². The van der Waals surface area contributed by atoms with Gasteiger partial charge in [0.1, 0.15) is 23.9 Å². The topological polar surface area (TPSA) is 75.9 Å². The van der Waals surface area contributed by atoms with Crippen molar-refractivity contribution in [3.05, 3.63) is 65.1 Å². The zero-order chi connectivity index (χ0) is 26.0. The van der Waals surface area contributed by atoms with Crippen LogP contribution in [0.4, 0.5) is 22.0 Å². The summed E-state index contributed by atoms with van der Waals surface area (Å²) in [6.45, 7) is 3.96. The van der Waals surface area contributed by atoms with Crippen molar-refractivity contribution in [2.24, 2.45) is 0 Å². The summed E-state index contributed by atoms with van der Waals surface area (Å²) in [7, 11) is 0. The second-order valence-electron chi connectivity index (χ2n) is 8.79. The summed E-state index contributed by atoms with van der Waals surface area (Å²) < 4.78 is 72.5. The minimum Gasteiger partial charge on any atom is -0.485 e. The number of nitrogens with zero attached hydrogens (tertiary/aromatic N) is 2. The summed E-state index contributed by atoms with van der Waals surface area (Å²) in [6, 6.07) is 5.58. The molecule has 190 valence electrons. The number of nitrogens with one attached hydrogen (secondary N) is 1. The maximum atomic E-state index is 13.9. The molecule has 2 N–H and O–H groups in total. The van der Waals surface area contributed by atoms with Crippen molar-refractivity contribution in [1.82, 2.24) is 14.7 Å². The van der Waals surface area contributed by atoms with Gasteiger partial charge in [0.2, 0.25) is 0 Å². The molecule has 0 saturated heterocycles. The number of carbonyl (C=O) groups excluding carboxylic acids is 1. The number of aromatic nitrogens is 2. The van der Waals surface area contributed by atoms with Crippen LogP contribution in [0, 0.1) is 18.6 Å². The van der Waals surface area contributed by atoms with Crippen LogP contribution in [0.25, 0.3) is 5.65 Å². The Morgan fingerprint density at radius 1 is 1.17 bits per heavy atom. The molecule has 0 fully saturated rings. The van der Waals surface area contributed by atoms with Crippen LogP contribution in [-0.2, 0) is 6.61 Å². The van der Waals surface area contributed by atoms with E-state index in [2.05, 4.69) is 10.3 Å². The number of aliphatic hydroxyl groups is 1. The Morgan fingerprint density at radius 3 is 2.43 bits per heavy atom. The molecule has 11 heteroatoms. The van der Waals surface area contributed by atoms with Crippen molar-refractivity contribution >= 4 is 11.6 Å². The summed E-state index contributed by atoms with van der Waals surface area (Å²) in [4.78, 5) is 17.4.